The van der Waals surface area contributed by atoms with E-state index in [4.69, 9.17) is 0 Å². The van der Waals surface area contributed by atoms with Crippen LogP contribution in [0.1, 0.15) is 6.92 Å². The third kappa shape index (κ3) is 1.47. The van der Waals surface area contributed by atoms with Crippen LogP contribution in [-0.4, -0.2) is 47.6 Å². The van der Waals surface area contributed by atoms with Gasteiger partial charge in [-0.05, 0) is 6.92 Å². The Hall–Kier alpha value is -1.19. The van der Waals surface area contributed by atoms with Gasteiger partial charge in [-0.1, -0.05) is 0 Å². The first-order valence-electron chi connectivity index (χ1n) is 6.46. The second-order valence-electron chi connectivity index (χ2n) is 6.38. The quantitative estimate of drug-likeness (QED) is 0.390. The summed E-state index contributed by atoms with van der Waals surface area (Å²) < 4.78 is 231. The van der Waals surface area contributed by atoms with Gasteiger partial charge >= 0.3 is 36.3 Å². The highest BCUT2D eigenvalue weighted by molar-refractivity contribution is 5.49. The molecule has 0 aliphatic heterocycles. The van der Waals surface area contributed by atoms with E-state index in [1.54, 1.807) is 0 Å². The Morgan fingerprint density at radius 2 is 0.786 bits per heavy atom. The highest BCUT2D eigenvalue weighted by Gasteiger charge is 3.22. The number of alkyl halides is 17. The van der Waals surface area contributed by atoms with Crippen molar-refractivity contribution in [2.24, 2.45) is 10.8 Å². The van der Waals surface area contributed by atoms with E-state index in [1.165, 1.54) is 0 Å². The third-order valence-corrected chi connectivity index (χ3v) is 5.38. The summed E-state index contributed by atoms with van der Waals surface area (Å²) in [5, 5.41) is 0. The third-order valence-electron chi connectivity index (χ3n) is 5.38. The van der Waals surface area contributed by atoms with Crippen LogP contribution in [0.25, 0.3) is 0 Å². The fourth-order valence-corrected chi connectivity index (χ4v) is 4.45. The first-order chi connectivity index (χ1) is 11.8. The van der Waals surface area contributed by atoms with Crippen molar-refractivity contribution in [1.29, 1.82) is 0 Å². The van der Waals surface area contributed by atoms with Gasteiger partial charge in [-0.25, -0.2) is 8.78 Å². The minimum Gasteiger partial charge on any atom is -0.236 e. The number of fused-ring (bicyclic) bond motifs is 2. The molecule has 166 valence electrons. The molecule has 0 saturated heterocycles. The predicted molar refractivity (Wildman–Crippen MR) is 51.2 cm³/mol. The van der Waals surface area contributed by atoms with E-state index in [2.05, 4.69) is 0 Å². The van der Waals surface area contributed by atoms with Crippen molar-refractivity contribution < 1.29 is 74.6 Å². The Morgan fingerprint density at radius 3 is 1.00 bits per heavy atom. The molecule has 2 saturated carbocycles. The summed E-state index contributed by atoms with van der Waals surface area (Å²) in [6, 6.07) is 0. The lowest BCUT2D eigenvalue weighted by Gasteiger charge is -2.50. The number of hydrogen-bond acceptors (Lipinski definition) is 0. The van der Waals surface area contributed by atoms with Crippen molar-refractivity contribution in [2.45, 2.75) is 54.6 Å². The molecule has 17 heteroatoms. The molecule has 2 rings (SSSR count). The van der Waals surface area contributed by atoms with Crippen LogP contribution >= 0.6 is 0 Å². The van der Waals surface area contributed by atoms with Gasteiger partial charge in [0, 0.05) is 0 Å². The van der Waals surface area contributed by atoms with Crippen LogP contribution in [-0.2, 0) is 0 Å². The molecule has 0 N–H and O–H groups in total. The molecule has 3 atom stereocenters. The summed E-state index contributed by atoms with van der Waals surface area (Å²) >= 11 is 0. The summed E-state index contributed by atoms with van der Waals surface area (Å²) in [6.45, 7) is -1.56. The molecule has 0 nitrogen and oxygen atoms in total. The van der Waals surface area contributed by atoms with Gasteiger partial charge in [-0.3, -0.25) is 0 Å². The largest absolute Gasteiger partial charge is 0.408 e. The molecular formula is C11H3F17. The summed E-state index contributed by atoms with van der Waals surface area (Å²) in [5.41, 5.74) is -31.1. The van der Waals surface area contributed by atoms with Gasteiger partial charge < -0.3 is 0 Å². The molecule has 0 aromatic heterocycles. The van der Waals surface area contributed by atoms with Gasteiger partial charge in [-0.15, -0.1) is 0 Å². The molecule has 28 heavy (non-hydrogen) atoms. The molecule has 0 heterocycles. The van der Waals surface area contributed by atoms with Crippen molar-refractivity contribution in [2.75, 3.05) is 0 Å². The first-order valence-corrected chi connectivity index (χ1v) is 6.46. The number of rotatable bonds is 0. The standard InChI is InChI=1S/C11H3F17/c1-2(12)3(9(20,21)22)4(10(23,24)25,11(26,27)28)5(13,6(2,14)15)8(18,19)7(3,16)17/h1H3. The second kappa shape index (κ2) is 4.59. The lowest BCUT2D eigenvalue weighted by atomic mass is 9.58. The highest BCUT2D eigenvalue weighted by atomic mass is 19.4. The zero-order valence-corrected chi connectivity index (χ0v) is 12.4. The molecule has 2 fully saturated rings. The first kappa shape index (κ1) is 23.1. The van der Waals surface area contributed by atoms with Crippen LogP contribution in [0, 0.1) is 10.8 Å². The van der Waals surface area contributed by atoms with Crippen molar-refractivity contribution in [1.82, 2.24) is 0 Å². The zero-order chi connectivity index (χ0) is 23.0. The maximum Gasteiger partial charge on any atom is 0.408 e. The fourth-order valence-electron chi connectivity index (χ4n) is 4.45. The van der Waals surface area contributed by atoms with E-state index in [-0.39, 0.29) is 0 Å². The monoisotopic (exact) mass is 458 g/mol. The van der Waals surface area contributed by atoms with Gasteiger partial charge in [0.1, 0.15) is 0 Å². The van der Waals surface area contributed by atoms with E-state index < -0.39 is 65.4 Å². The maximum absolute atomic E-state index is 14.6. The normalized spacial score (nSPS) is 41.4. The van der Waals surface area contributed by atoms with Gasteiger partial charge in [0.25, 0.3) is 5.67 Å². The van der Waals surface area contributed by atoms with Gasteiger partial charge in [0.2, 0.25) is 10.8 Å². The molecule has 0 spiro atoms. The van der Waals surface area contributed by atoms with Crippen molar-refractivity contribution in [3.05, 3.63) is 0 Å². The van der Waals surface area contributed by atoms with Crippen LogP contribution in [0.3, 0.4) is 0 Å². The Labute approximate surface area is 141 Å². The zero-order valence-electron chi connectivity index (χ0n) is 12.4. The van der Waals surface area contributed by atoms with Crippen LogP contribution in [0.15, 0.2) is 0 Å². The molecule has 2 aliphatic carbocycles. The molecule has 0 aromatic rings. The molecule has 2 aliphatic rings. The van der Waals surface area contributed by atoms with Crippen molar-refractivity contribution in [3.63, 3.8) is 0 Å². The average Bonchev–Trinajstić information content (AvgIpc) is 2.55. The molecule has 3 unspecified atom stereocenters. The number of halogens is 17. The molecule has 0 aromatic carbocycles. The van der Waals surface area contributed by atoms with Gasteiger partial charge in [0.15, 0.2) is 5.67 Å². The fraction of sp³-hybridized carbons (Fsp3) is 1.00. The van der Waals surface area contributed by atoms with E-state index in [0.29, 0.717) is 0 Å². The minimum atomic E-state index is -8.27. The second-order valence-corrected chi connectivity index (χ2v) is 6.38. The molecule has 0 radical (unpaired) electrons. The summed E-state index contributed by atoms with van der Waals surface area (Å²) in [5.74, 6) is -23.4. The highest BCUT2D eigenvalue weighted by Crippen LogP contribution is 2.94. The summed E-state index contributed by atoms with van der Waals surface area (Å²) in [4.78, 5) is 0. The van der Waals surface area contributed by atoms with Gasteiger partial charge in [0.05, 0.1) is 0 Å². The van der Waals surface area contributed by atoms with E-state index in [1.807, 2.05) is 0 Å². The van der Waals surface area contributed by atoms with Crippen LogP contribution in [0.4, 0.5) is 74.6 Å². The van der Waals surface area contributed by atoms with Crippen molar-refractivity contribution in [3.8, 4) is 0 Å². The Morgan fingerprint density at radius 1 is 0.464 bits per heavy atom. The smallest absolute Gasteiger partial charge is 0.236 e. The van der Waals surface area contributed by atoms with Crippen LogP contribution in [0.5, 0.6) is 0 Å². The summed E-state index contributed by atoms with van der Waals surface area (Å²) in [6.07, 6.45) is -24.6. The maximum atomic E-state index is 14.6. The van der Waals surface area contributed by atoms with Crippen molar-refractivity contribution >= 4 is 0 Å². The molecule has 0 amide bonds. The molecule has 2 bridgehead atoms. The van der Waals surface area contributed by atoms with Crippen LogP contribution < -0.4 is 0 Å². The lowest BCUT2D eigenvalue weighted by Crippen LogP contribution is -2.76. The average molecular weight is 458 g/mol. The number of hydrogen-bond donors (Lipinski definition) is 0. The van der Waals surface area contributed by atoms with E-state index in [0.717, 1.165) is 0 Å². The van der Waals surface area contributed by atoms with E-state index in [9.17, 15) is 74.6 Å². The van der Waals surface area contributed by atoms with E-state index >= 15 is 0 Å². The minimum absolute atomic E-state index is 1.56. The summed E-state index contributed by atoms with van der Waals surface area (Å²) in [7, 11) is 0. The SMILES string of the molecule is CC1(F)C(F)(F)C2(F)C(F)(F)C(F)(F)C1(C(F)(F)F)C2(C(F)(F)F)C(F)(F)F. The topological polar surface area (TPSA) is 0 Å². The Bertz CT molecular complexity index is 624. The predicted octanol–water partition coefficient (Wildman–Crippen LogP) is 6.02. The lowest BCUT2D eigenvalue weighted by molar-refractivity contribution is -0.453. The van der Waals surface area contributed by atoms with Gasteiger partial charge in [-0.2, -0.15) is 65.9 Å². The molecular weight excluding hydrogens is 455 g/mol. The Kier molecular flexibility index (Phi) is 3.79. The Balaban J connectivity index is 3.46. The van der Waals surface area contributed by atoms with Crippen LogP contribution in [0.2, 0.25) is 0 Å².